The second kappa shape index (κ2) is 8.61. The molecule has 0 radical (unpaired) electrons. The first-order chi connectivity index (χ1) is 11.5. The van der Waals surface area contributed by atoms with Crippen LogP contribution in [0.15, 0.2) is 41.1 Å². The van der Waals surface area contributed by atoms with Gasteiger partial charge in [0, 0.05) is 21.5 Å². The van der Waals surface area contributed by atoms with Gasteiger partial charge in [0.1, 0.15) is 6.04 Å². The number of halogens is 1. The molecule has 1 amide bonds. The molecule has 1 aromatic heterocycles. The topological polar surface area (TPSA) is 72.5 Å². The van der Waals surface area contributed by atoms with E-state index >= 15 is 0 Å². The number of carbonyl (C=O) groups is 3. The van der Waals surface area contributed by atoms with Gasteiger partial charge in [-0.1, -0.05) is 17.7 Å². The van der Waals surface area contributed by atoms with Gasteiger partial charge in [0.25, 0.3) is 5.91 Å². The molecular formula is C17H16ClNO4S. The fourth-order valence-corrected chi connectivity index (χ4v) is 2.91. The Bertz CT molecular complexity index is 730. The third-order valence-corrected chi connectivity index (χ3v) is 4.11. The Balaban J connectivity index is 2.17. The molecule has 1 unspecified atom stereocenters. The zero-order valence-electron chi connectivity index (χ0n) is 13.0. The van der Waals surface area contributed by atoms with Crippen molar-refractivity contribution in [3.63, 3.8) is 0 Å². The van der Waals surface area contributed by atoms with Crippen molar-refractivity contribution >= 4 is 40.6 Å². The lowest BCUT2D eigenvalue weighted by molar-refractivity contribution is -0.143. The van der Waals surface area contributed by atoms with E-state index in [9.17, 15) is 14.4 Å². The molecule has 5 nitrogen and oxygen atoms in total. The van der Waals surface area contributed by atoms with E-state index in [1.54, 1.807) is 41.9 Å². The van der Waals surface area contributed by atoms with Crippen LogP contribution in [0, 0.1) is 0 Å². The lowest BCUT2D eigenvalue weighted by Gasteiger charge is -2.16. The second-order valence-corrected chi connectivity index (χ2v) is 6.14. The van der Waals surface area contributed by atoms with Crippen molar-refractivity contribution in [3.8, 4) is 0 Å². The van der Waals surface area contributed by atoms with Crippen LogP contribution in [0.1, 0.15) is 34.1 Å². The fourth-order valence-electron chi connectivity index (χ4n) is 2.07. The van der Waals surface area contributed by atoms with Crippen LogP contribution >= 0.6 is 22.9 Å². The van der Waals surface area contributed by atoms with Crippen molar-refractivity contribution in [1.82, 2.24) is 5.32 Å². The van der Waals surface area contributed by atoms with Crippen LogP contribution in [0.3, 0.4) is 0 Å². The monoisotopic (exact) mass is 365 g/mol. The Morgan fingerprint density at radius 1 is 1.25 bits per heavy atom. The minimum absolute atomic E-state index is 0.209. The zero-order chi connectivity index (χ0) is 17.5. The zero-order valence-corrected chi connectivity index (χ0v) is 14.5. The highest BCUT2D eigenvalue weighted by Gasteiger charge is 2.26. The van der Waals surface area contributed by atoms with E-state index in [1.807, 2.05) is 0 Å². The summed E-state index contributed by atoms with van der Waals surface area (Å²) in [7, 11) is 0. The van der Waals surface area contributed by atoms with E-state index in [2.05, 4.69) is 5.32 Å². The fraction of sp³-hybridized carbons (Fsp3) is 0.235. The number of esters is 1. The van der Waals surface area contributed by atoms with Crippen molar-refractivity contribution in [3.05, 3.63) is 57.2 Å². The van der Waals surface area contributed by atoms with E-state index in [0.29, 0.717) is 16.1 Å². The van der Waals surface area contributed by atoms with Crippen LogP contribution in [-0.4, -0.2) is 30.3 Å². The molecule has 0 saturated carbocycles. The molecule has 0 aliphatic rings. The number of hydrogen-bond donors (Lipinski definition) is 1. The highest BCUT2D eigenvalue weighted by atomic mass is 35.5. The van der Waals surface area contributed by atoms with Crippen molar-refractivity contribution in [2.75, 3.05) is 6.61 Å². The Labute approximate surface area is 148 Å². The molecule has 0 aliphatic carbocycles. The number of thiophene rings is 1. The number of rotatable bonds is 7. The van der Waals surface area contributed by atoms with Gasteiger partial charge < -0.3 is 10.1 Å². The summed E-state index contributed by atoms with van der Waals surface area (Å²) in [4.78, 5) is 36.6. The molecule has 2 rings (SSSR count). The number of amides is 1. The molecule has 24 heavy (non-hydrogen) atoms. The van der Waals surface area contributed by atoms with Crippen LogP contribution in [0.25, 0.3) is 0 Å². The molecule has 2 aromatic rings. The SMILES string of the molecule is CCOC(=O)CC(NC(=O)c1cccc(Cl)c1)C(=O)c1ccsc1. The number of hydrogen-bond acceptors (Lipinski definition) is 5. The summed E-state index contributed by atoms with van der Waals surface area (Å²) in [6, 6.07) is 7.01. The molecule has 0 saturated heterocycles. The van der Waals surface area contributed by atoms with E-state index in [0.717, 1.165) is 0 Å². The summed E-state index contributed by atoms with van der Waals surface area (Å²) < 4.78 is 4.89. The molecule has 1 heterocycles. The minimum atomic E-state index is -0.995. The van der Waals surface area contributed by atoms with Gasteiger partial charge in [-0.3, -0.25) is 14.4 Å². The van der Waals surface area contributed by atoms with Crippen LogP contribution in [0.5, 0.6) is 0 Å². The van der Waals surface area contributed by atoms with Gasteiger partial charge in [0.2, 0.25) is 0 Å². The Morgan fingerprint density at radius 3 is 2.67 bits per heavy atom. The summed E-state index contributed by atoms with van der Waals surface area (Å²) in [5.74, 6) is -1.35. The molecule has 0 spiro atoms. The molecule has 1 N–H and O–H groups in total. The maximum atomic E-state index is 12.5. The lowest BCUT2D eigenvalue weighted by Crippen LogP contribution is -2.42. The average molecular weight is 366 g/mol. The van der Waals surface area contributed by atoms with Gasteiger partial charge in [0.15, 0.2) is 5.78 Å². The molecule has 1 aromatic carbocycles. The number of ketones is 1. The summed E-state index contributed by atoms with van der Waals surface area (Å²) in [6.45, 7) is 1.89. The summed E-state index contributed by atoms with van der Waals surface area (Å²) in [5.41, 5.74) is 0.759. The van der Waals surface area contributed by atoms with Gasteiger partial charge >= 0.3 is 5.97 Å². The van der Waals surface area contributed by atoms with Crippen LogP contribution in [0.4, 0.5) is 0 Å². The van der Waals surface area contributed by atoms with Crippen LogP contribution in [-0.2, 0) is 9.53 Å². The van der Waals surface area contributed by atoms with Gasteiger partial charge in [-0.15, -0.1) is 0 Å². The molecule has 0 bridgehead atoms. The van der Waals surface area contributed by atoms with Crippen LogP contribution in [0.2, 0.25) is 5.02 Å². The van der Waals surface area contributed by atoms with E-state index in [4.69, 9.17) is 16.3 Å². The van der Waals surface area contributed by atoms with E-state index in [1.165, 1.54) is 17.4 Å². The van der Waals surface area contributed by atoms with Crippen molar-refractivity contribution in [1.29, 1.82) is 0 Å². The number of benzene rings is 1. The highest BCUT2D eigenvalue weighted by Crippen LogP contribution is 2.14. The van der Waals surface area contributed by atoms with Gasteiger partial charge in [-0.2, -0.15) is 11.3 Å². The molecule has 0 fully saturated rings. The Hall–Kier alpha value is -2.18. The van der Waals surface area contributed by atoms with Gasteiger partial charge in [-0.25, -0.2) is 0 Å². The lowest BCUT2D eigenvalue weighted by atomic mass is 10.0. The summed E-state index contributed by atoms with van der Waals surface area (Å²) in [5, 5.41) is 6.44. The molecular weight excluding hydrogens is 350 g/mol. The summed E-state index contributed by atoms with van der Waals surface area (Å²) in [6.07, 6.45) is -0.227. The minimum Gasteiger partial charge on any atom is -0.466 e. The second-order valence-electron chi connectivity index (χ2n) is 4.92. The number of nitrogens with one attached hydrogen (secondary N) is 1. The number of carbonyl (C=O) groups excluding carboxylic acids is 3. The smallest absolute Gasteiger partial charge is 0.308 e. The quantitative estimate of drug-likeness (QED) is 0.603. The largest absolute Gasteiger partial charge is 0.466 e. The first-order valence-corrected chi connectivity index (χ1v) is 8.61. The third-order valence-electron chi connectivity index (χ3n) is 3.19. The van der Waals surface area contributed by atoms with E-state index in [-0.39, 0.29) is 18.8 Å². The highest BCUT2D eigenvalue weighted by molar-refractivity contribution is 7.08. The predicted octanol–water partition coefficient (Wildman–Crippen LogP) is 3.34. The maximum absolute atomic E-state index is 12.5. The average Bonchev–Trinajstić information content (AvgIpc) is 3.08. The molecule has 1 atom stereocenters. The van der Waals surface area contributed by atoms with Crippen molar-refractivity contribution < 1.29 is 19.1 Å². The normalized spacial score (nSPS) is 11.6. The Morgan fingerprint density at radius 2 is 2.04 bits per heavy atom. The first kappa shape index (κ1) is 18.2. The number of Topliss-reactive ketones (excluding diaryl/α,β-unsaturated/α-hetero) is 1. The van der Waals surface area contributed by atoms with Crippen molar-refractivity contribution in [2.45, 2.75) is 19.4 Å². The third kappa shape index (κ3) is 4.91. The predicted molar refractivity (Wildman–Crippen MR) is 92.6 cm³/mol. The Kier molecular flexibility index (Phi) is 6.52. The van der Waals surface area contributed by atoms with Gasteiger partial charge in [-0.05, 0) is 36.6 Å². The standard InChI is InChI=1S/C17H16ClNO4S/c1-2-23-15(20)9-14(16(21)12-6-7-24-10-12)19-17(22)11-4-3-5-13(18)8-11/h3-8,10,14H,2,9H2,1H3,(H,19,22). The molecule has 7 heteroatoms. The van der Waals surface area contributed by atoms with Crippen LogP contribution < -0.4 is 5.32 Å². The first-order valence-electron chi connectivity index (χ1n) is 7.29. The number of ether oxygens (including phenoxy) is 1. The molecule has 0 aliphatic heterocycles. The van der Waals surface area contributed by atoms with E-state index < -0.39 is 17.9 Å². The summed E-state index contributed by atoms with van der Waals surface area (Å²) >= 11 is 7.24. The van der Waals surface area contributed by atoms with Crippen molar-refractivity contribution in [2.24, 2.45) is 0 Å². The molecule has 126 valence electrons. The maximum Gasteiger partial charge on any atom is 0.308 e. The van der Waals surface area contributed by atoms with Gasteiger partial charge in [0.05, 0.1) is 13.0 Å².